The Morgan fingerprint density at radius 2 is 2.20 bits per heavy atom. The van der Waals surface area contributed by atoms with Crippen LogP contribution in [0.4, 0.5) is 0 Å². The third-order valence-corrected chi connectivity index (χ3v) is 4.00. The highest BCUT2D eigenvalue weighted by atomic mass is 32.1. The van der Waals surface area contributed by atoms with Crippen molar-refractivity contribution < 1.29 is 9.90 Å². The molecule has 0 saturated carbocycles. The van der Waals surface area contributed by atoms with E-state index in [9.17, 15) is 4.79 Å². The average molecular weight is 284 g/mol. The molecule has 0 unspecified atom stereocenters. The normalized spacial score (nSPS) is 11.9. The molecule has 0 fully saturated rings. The van der Waals surface area contributed by atoms with Gasteiger partial charge in [-0.25, -0.2) is 9.78 Å². The number of thiazole rings is 1. The first-order valence-corrected chi connectivity index (χ1v) is 7.00. The molecule has 0 amide bonds. The number of carboxylic acids is 1. The number of benzene rings is 1. The largest absolute Gasteiger partial charge is 0.476 e. The Balaban J connectivity index is 2.12. The molecule has 0 spiro atoms. The number of aromatic nitrogens is 2. The number of carboxylic acid groups (broad SMARTS) is 1. The van der Waals surface area contributed by atoms with E-state index in [0.717, 1.165) is 27.0 Å². The molecule has 0 saturated heterocycles. The fraction of sp³-hybridized carbons (Fsp3) is 0.0667. The fourth-order valence-electron chi connectivity index (χ4n) is 2.18. The van der Waals surface area contributed by atoms with E-state index in [2.05, 4.69) is 9.97 Å². The molecule has 2 aromatic heterocycles. The summed E-state index contributed by atoms with van der Waals surface area (Å²) in [5.41, 5.74) is 3.12. The standard InChI is InChI=1S/C15H12N2O2S/c1-2-9(14-17-13(8-20-14)15(18)19)11-7-16-12-6-4-3-5-10(11)12/h2-8,16H,1H3,(H,18,19)/b9-2-. The lowest BCUT2D eigenvalue weighted by Gasteiger charge is -2.01. The van der Waals surface area contributed by atoms with Crippen LogP contribution in [0.1, 0.15) is 28.0 Å². The number of H-pyrrole nitrogens is 1. The summed E-state index contributed by atoms with van der Waals surface area (Å²) in [5.74, 6) is -0.998. The highest BCUT2D eigenvalue weighted by Gasteiger charge is 2.15. The van der Waals surface area contributed by atoms with Crippen LogP contribution >= 0.6 is 11.3 Å². The lowest BCUT2D eigenvalue weighted by atomic mass is 10.1. The molecule has 4 nitrogen and oxygen atoms in total. The summed E-state index contributed by atoms with van der Waals surface area (Å²) in [6.45, 7) is 1.93. The van der Waals surface area contributed by atoms with Crippen molar-refractivity contribution in [3.8, 4) is 0 Å². The van der Waals surface area contributed by atoms with E-state index in [-0.39, 0.29) is 5.69 Å². The molecular weight excluding hydrogens is 272 g/mol. The van der Waals surface area contributed by atoms with E-state index in [1.165, 1.54) is 11.3 Å². The second-order valence-electron chi connectivity index (χ2n) is 4.29. The molecule has 0 aliphatic rings. The predicted molar refractivity (Wildman–Crippen MR) is 80.1 cm³/mol. The molecule has 2 N–H and O–H groups in total. The maximum absolute atomic E-state index is 10.9. The van der Waals surface area contributed by atoms with E-state index < -0.39 is 5.97 Å². The van der Waals surface area contributed by atoms with Gasteiger partial charge in [-0.05, 0) is 13.0 Å². The predicted octanol–water partition coefficient (Wildman–Crippen LogP) is 3.77. The first-order chi connectivity index (χ1) is 9.70. The van der Waals surface area contributed by atoms with Gasteiger partial charge in [0.2, 0.25) is 0 Å². The Morgan fingerprint density at radius 1 is 1.40 bits per heavy atom. The van der Waals surface area contributed by atoms with Crippen molar-refractivity contribution in [3.05, 3.63) is 58.2 Å². The molecule has 0 aliphatic heterocycles. The minimum Gasteiger partial charge on any atom is -0.476 e. The van der Waals surface area contributed by atoms with Crippen LogP contribution in [0.2, 0.25) is 0 Å². The number of rotatable bonds is 3. The minimum absolute atomic E-state index is 0.0872. The van der Waals surface area contributed by atoms with Gasteiger partial charge in [0.1, 0.15) is 5.01 Å². The van der Waals surface area contributed by atoms with Crippen LogP contribution in [0.3, 0.4) is 0 Å². The van der Waals surface area contributed by atoms with Gasteiger partial charge in [0.15, 0.2) is 5.69 Å². The maximum Gasteiger partial charge on any atom is 0.355 e. The molecule has 3 rings (SSSR count). The van der Waals surface area contributed by atoms with Crippen molar-refractivity contribution >= 4 is 33.8 Å². The Bertz CT molecular complexity index is 814. The molecule has 2 heterocycles. The van der Waals surface area contributed by atoms with Crippen LogP contribution in [0.25, 0.3) is 16.5 Å². The van der Waals surface area contributed by atoms with E-state index >= 15 is 0 Å². The van der Waals surface area contributed by atoms with Gasteiger partial charge in [-0.1, -0.05) is 24.3 Å². The molecule has 0 aliphatic carbocycles. The van der Waals surface area contributed by atoms with Crippen molar-refractivity contribution in [2.45, 2.75) is 6.92 Å². The summed E-state index contributed by atoms with van der Waals surface area (Å²) < 4.78 is 0. The molecule has 5 heteroatoms. The van der Waals surface area contributed by atoms with Crippen molar-refractivity contribution in [3.63, 3.8) is 0 Å². The third kappa shape index (κ3) is 2.02. The summed E-state index contributed by atoms with van der Waals surface area (Å²) in [4.78, 5) is 18.3. The van der Waals surface area contributed by atoms with Crippen LogP contribution in [0, 0.1) is 0 Å². The quantitative estimate of drug-likeness (QED) is 0.769. The molecule has 1 aromatic carbocycles. The first-order valence-electron chi connectivity index (χ1n) is 6.12. The zero-order valence-electron chi connectivity index (χ0n) is 10.8. The average Bonchev–Trinajstić information content (AvgIpc) is 3.08. The van der Waals surface area contributed by atoms with Crippen LogP contribution < -0.4 is 0 Å². The Labute approximate surface area is 119 Å². The number of para-hydroxylation sites is 1. The van der Waals surface area contributed by atoms with Crippen LogP contribution in [-0.2, 0) is 0 Å². The second-order valence-corrected chi connectivity index (χ2v) is 5.15. The van der Waals surface area contributed by atoms with Gasteiger partial charge < -0.3 is 10.1 Å². The molecule has 0 radical (unpaired) electrons. The van der Waals surface area contributed by atoms with Crippen molar-refractivity contribution in [2.75, 3.05) is 0 Å². The Hall–Kier alpha value is -2.40. The Kier molecular flexibility index (Phi) is 3.12. The van der Waals surface area contributed by atoms with E-state index in [1.54, 1.807) is 5.38 Å². The van der Waals surface area contributed by atoms with E-state index in [1.807, 2.05) is 43.5 Å². The number of fused-ring (bicyclic) bond motifs is 1. The summed E-state index contributed by atoms with van der Waals surface area (Å²) in [5, 5.41) is 12.4. The van der Waals surface area contributed by atoms with Gasteiger partial charge in [-0.3, -0.25) is 0 Å². The summed E-state index contributed by atoms with van der Waals surface area (Å²) >= 11 is 1.34. The Morgan fingerprint density at radius 3 is 2.90 bits per heavy atom. The van der Waals surface area contributed by atoms with Gasteiger partial charge in [0, 0.05) is 33.6 Å². The number of nitrogens with zero attached hydrogens (tertiary/aromatic N) is 1. The molecule has 0 atom stereocenters. The topological polar surface area (TPSA) is 66.0 Å². The highest BCUT2D eigenvalue weighted by molar-refractivity contribution is 7.11. The van der Waals surface area contributed by atoms with Crippen molar-refractivity contribution in [2.24, 2.45) is 0 Å². The number of hydrogen-bond donors (Lipinski definition) is 2. The van der Waals surface area contributed by atoms with Gasteiger partial charge in [-0.2, -0.15) is 0 Å². The number of aromatic carboxylic acids is 1. The van der Waals surface area contributed by atoms with E-state index in [4.69, 9.17) is 5.11 Å². The van der Waals surface area contributed by atoms with Crippen molar-refractivity contribution in [1.29, 1.82) is 0 Å². The number of hydrogen-bond acceptors (Lipinski definition) is 3. The van der Waals surface area contributed by atoms with Gasteiger partial charge >= 0.3 is 5.97 Å². The number of carbonyl (C=O) groups is 1. The SMILES string of the molecule is C/C=C(\c1nc(C(=O)O)cs1)c1c[nH]c2ccccc12. The van der Waals surface area contributed by atoms with Crippen LogP contribution in [-0.4, -0.2) is 21.0 Å². The lowest BCUT2D eigenvalue weighted by Crippen LogP contribution is -1.96. The van der Waals surface area contributed by atoms with Crippen LogP contribution in [0.15, 0.2) is 41.9 Å². The molecular formula is C15H12N2O2S. The van der Waals surface area contributed by atoms with Crippen molar-refractivity contribution in [1.82, 2.24) is 9.97 Å². The fourth-order valence-corrected chi connectivity index (χ4v) is 3.07. The zero-order chi connectivity index (χ0) is 14.1. The molecule has 3 aromatic rings. The zero-order valence-corrected chi connectivity index (χ0v) is 11.6. The van der Waals surface area contributed by atoms with Crippen LogP contribution in [0.5, 0.6) is 0 Å². The van der Waals surface area contributed by atoms with Gasteiger partial charge in [0.25, 0.3) is 0 Å². The monoisotopic (exact) mass is 284 g/mol. The molecule has 100 valence electrons. The molecule has 20 heavy (non-hydrogen) atoms. The third-order valence-electron chi connectivity index (χ3n) is 3.12. The van der Waals surface area contributed by atoms with E-state index in [0.29, 0.717) is 0 Å². The molecule has 0 bridgehead atoms. The minimum atomic E-state index is -0.998. The van der Waals surface area contributed by atoms with Gasteiger partial charge in [0.05, 0.1) is 0 Å². The summed E-state index contributed by atoms with van der Waals surface area (Å²) in [6.07, 6.45) is 3.89. The van der Waals surface area contributed by atoms with Gasteiger partial charge in [-0.15, -0.1) is 11.3 Å². The highest BCUT2D eigenvalue weighted by Crippen LogP contribution is 2.31. The number of nitrogens with one attached hydrogen (secondary N) is 1. The second kappa shape index (κ2) is 4.94. The smallest absolute Gasteiger partial charge is 0.355 e. The maximum atomic E-state index is 10.9. The summed E-state index contributed by atoms with van der Waals surface area (Å²) in [6, 6.07) is 8.01. The number of aromatic amines is 1. The lowest BCUT2D eigenvalue weighted by molar-refractivity contribution is 0.0691. The summed E-state index contributed by atoms with van der Waals surface area (Å²) in [7, 11) is 0. The number of allylic oxidation sites excluding steroid dienone is 1. The first kappa shape index (κ1) is 12.6.